The molecule has 0 atom stereocenters. The number of aromatic nitrogens is 1. The number of fused-ring (bicyclic) bond motifs is 1. The first-order chi connectivity index (χ1) is 15.2. The molecule has 2 heterocycles. The first-order valence-electron chi connectivity index (χ1n) is 11.7. The van der Waals surface area contributed by atoms with Crippen LogP contribution in [-0.2, 0) is 11.0 Å². The molecule has 3 aromatic rings. The lowest BCUT2D eigenvalue weighted by Gasteiger charge is -2.42. The third-order valence-electron chi connectivity index (χ3n) is 6.96. The van der Waals surface area contributed by atoms with Gasteiger partial charge in [0, 0.05) is 24.6 Å². The Balaban J connectivity index is 1.40. The highest BCUT2D eigenvalue weighted by atomic mass is 28.4. The summed E-state index contributed by atoms with van der Waals surface area (Å²) >= 11 is 0. The average Bonchev–Trinajstić information content (AvgIpc) is 2.77. The van der Waals surface area contributed by atoms with E-state index in [1.807, 2.05) is 36.5 Å². The highest BCUT2D eigenvalue weighted by Crippen LogP contribution is 2.38. The van der Waals surface area contributed by atoms with Crippen LogP contribution >= 0.6 is 0 Å². The lowest BCUT2D eigenvalue weighted by molar-refractivity contribution is 0.152. The van der Waals surface area contributed by atoms with E-state index in [-0.39, 0.29) is 5.04 Å². The SMILES string of the molecule is CC(C)(C)[Si](C)(C)OC1CCN(c2cnc3ccc(OCc4ccccc4)cc3c2)CC1. The van der Waals surface area contributed by atoms with E-state index in [0.717, 1.165) is 42.6 Å². The average molecular weight is 449 g/mol. The Morgan fingerprint density at radius 3 is 2.41 bits per heavy atom. The van der Waals surface area contributed by atoms with Gasteiger partial charge < -0.3 is 14.1 Å². The van der Waals surface area contributed by atoms with Gasteiger partial charge >= 0.3 is 0 Å². The normalized spacial score (nSPS) is 15.8. The number of hydrogen-bond donors (Lipinski definition) is 0. The van der Waals surface area contributed by atoms with E-state index in [9.17, 15) is 0 Å². The quantitative estimate of drug-likeness (QED) is 0.388. The van der Waals surface area contributed by atoms with Gasteiger partial charge in [0.2, 0.25) is 0 Å². The van der Waals surface area contributed by atoms with Crippen molar-refractivity contribution in [3.05, 3.63) is 66.4 Å². The number of hydrogen-bond acceptors (Lipinski definition) is 4. The predicted octanol–water partition coefficient (Wildman–Crippen LogP) is 6.80. The maximum atomic E-state index is 6.66. The van der Waals surface area contributed by atoms with Gasteiger partial charge in [-0.05, 0) is 60.8 Å². The topological polar surface area (TPSA) is 34.6 Å². The summed E-state index contributed by atoms with van der Waals surface area (Å²) in [5.74, 6) is 0.877. The smallest absolute Gasteiger partial charge is 0.192 e. The maximum absolute atomic E-state index is 6.66. The van der Waals surface area contributed by atoms with Crippen LogP contribution in [0.5, 0.6) is 5.75 Å². The van der Waals surface area contributed by atoms with Crippen LogP contribution in [0.4, 0.5) is 5.69 Å². The molecular weight excluding hydrogens is 412 g/mol. The second-order valence-electron chi connectivity index (χ2n) is 10.4. The zero-order valence-electron chi connectivity index (χ0n) is 20.1. The van der Waals surface area contributed by atoms with Gasteiger partial charge in [-0.2, -0.15) is 0 Å². The van der Waals surface area contributed by atoms with Gasteiger partial charge in [-0.25, -0.2) is 0 Å². The Kier molecular flexibility index (Phi) is 6.59. The Labute approximate surface area is 193 Å². The summed E-state index contributed by atoms with van der Waals surface area (Å²) in [5.41, 5.74) is 3.35. The molecule has 0 unspecified atom stereocenters. The van der Waals surface area contributed by atoms with Crippen molar-refractivity contribution in [3.63, 3.8) is 0 Å². The largest absolute Gasteiger partial charge is 0.489 e. The molecule has 4 rings (SSSR count). The van der Waals surface area contributed by atoms with Crippen molar-refractivity contribution in [1.29, 1.82) is 0 Å². The third-order valence-corrected chi connectivity index (χ3v) is 11.5. The van der Waals surface area contributed by atoms with Crippen molar-refractivity contribution in [1.82, 2.24) is 4.98 Å². The van der Waals surface area contributed by atoms with Gasteiger partial charge in [0.15, 0.2) is 8.32 Å². The highest BCUT2D eigenvalue weighted by Gasteiger charge is 2.39. The molecule has 1 saturated heterocycles. The van der Waals surface area contributed by atoms with Crippen molar-refractivity contribution in [2.45, 2.75) is 64.5 Å². The number of nitrogens with zero attached hydrogens (tertiary/aromatic N) is 2. The van der Waals surface area contributed by atoms with Crippen molar-refractivity contribution in [2.24, 2.45) is 0 Å². The summed E-state index contributed by atoms with van der Waals surface area (Å²) in [4.78, 5) is 7.14. The minimum Gasteiger partial charge on any atom is -0.489 e. The molecule has 0 spiro atoms. The van der Waals surface area contributed by atoms with E-state index in [1.54, 1.807) is 0 Å². The molecule has 0 N–H and O–H groups in total. The molecule has 1 aliphatic heterocycles. The number of piperidine rings is 1. The fourth-order valence-corrected chi connectivity index (χ4v) is 5.35. The molecule has 0 aliphatic carbocycles. The summed E-state index contributed by atoms with van der Waals surface area (Å²) in [7, 11) is -1.71. The fraction of sp³-hybridized carbons (Fsp3) is 0.444. The van der Waals surface area contributed by atoms with E-state index in [4.69, 9.17) is 14.1 Å². The fourth-order valence-electron chi connectivity index (χ4n) is 3.93. The van der Waals surface area contributed by atoms with Gasteiger partial charge in [-0.15, -0.1) is 0 Å². The summed E-state index contributed by atoms with van der Waals surface area (Å²) in [6.45, 7) is 14.2. The summed E-state index contributed by atoms with van der Waals surface area (Å²) < 4.78 is 12.7. The van der Waals surface area contributed by atoms with Crippen molar-refractivity contribution < 1.29 is 9.16 Å². The van der Waals surface area contributed by atoms with Crippen LogP contribution in [0.1, 0.15) is 39.2 Å². The van der Waals surface area contributed by atoms with Gasteiger partial charge in [-0.1, -0.05) is 51.1 Å². The standard InChI is InChI=1S/C27H36N2O2Si/c1-27(2,3)32(4,5)31-24-13-15-29(16-14-24)23-17-22-18-25(11-12-26(22)28-19-23)30-20-21-9-7-6-8-10-21/h6-12,17-19,24H,13-16,20H2,1-5H3. The molecule has 0 radical (unpaired) electrons. The van der Waals surface area contributed by atoms with Crippen LogP contribution in [0.15, 0.2) is 60.8 Å². The predicted molar refractivity (Wildman–Crippen MR) is 136 cm³/mol. The molecule has 0 bridgehead atoms. The first-order valence-corrected chi connectivity index (χ1v) is 14.6. The molecule has 5 heteroatoms. The molecule has 0 amide bonds. The van der Waals surface area contributed by atoms with Crippen molar-refractivity contribution in [2.75, 3.05) is 18.0 Å². The molecule has 4 nitrogen and oxygen atoms in total. The Hall–Kier alpha value is -2.37. The summed E-state index contributed by atoms with van der Waals surface area (Å²) in [6.07, 6.45) is 4.52. The zero-order chi connectivity index (χ0) is 22.8. The monoisotopic (exact) mass is 448 g/mol. The van der Waals surface area contributed by atoms with Crippen LogP contribution in [-0.4, -0.2) is 32.5 Å². The second kappa shape index (κ2) is 9.24. The number of benzene rings is 2. The van der Waals surface area contributed by atoms with E-state index >= 15 is 0 Å². The van der Waals surface area contributed by atoms with E-state index < -0.39 is 8.32 Å². The van der Waals surface area contributed by atoms with Crippen molar-refractivity contribution in [3.8, 4) is 5.75 Å². The molecule has 1 aromatic heterocycles. The van der Waals surface area contributed by atoms with Gasteiger partial charge in [0.1, 0.15) is 12.4 Å². The number of ether oxygens (including phenoxy) is 1. The molecule has 2 aromatic carbocycles. The minimum absolute atomic E-state index is 0.257. The second-order valence-corrected chi connectivity index (χ2v) is 15.1. The zero-order valence-corrected chi connectivity index (χ0v) is 21.1. The van der Waals surface area contributed by atoms with Crippen LogP contribution in [0.3, 0.4) is 0 Å². The Morgan fingerprint density at radius 2 is 1.72 bits per heavy atom. The van der Waals surface area contributed by atoms with Gasteiger partial charge in [0.05, 0.1) is 17.4 Å². The molecular formula is C27H36N2O2Si. The van der Waals surface area contributed by atoms with Crippen LogP contribution in [0, 0.1) is 0 Å². The van der Waals surface area contributed by atoms with Gasteiger partial charge in [-0.3, -0.25) is 4.98 Å². The molecule has 32 heavy (non-hydrogen) atoms. The Morgan fingerprint density at radius 1 is 1.00 bits per heavy atom. The third kappa shape index (κ3) is 5.33. The number of anilines is 1. The summed E-state index contributed by atoms with van der Waals surface area (Å²) in [5, 5.41) is 1.37. The first kappa shape index (κ1) is 22.8. The number of rotatable bonds is 6. The van der Waals surface area contributed by atoms with Crippen LogP contribution < -0.4 is 9.64 Å². The maximum Gasteiger partial charge on any atom is 0.192 e. The van der Waals surface area contributed by atoms with Gasteiger partial charge in [0.25, 0.3) is 0 Å². The Bertz CT molecular complexity index is 1040. The summed E-state index contributed by atoms with van der Waals surface area (Å²) in [6, 6.07) is 18.6. The molecule has 0 saturated carbocycles. The molecule has 170 valence electrons. The lowest BCUT2D eigenvalue weighted by atomic mass is 10.1. The lowest BCUT2D eigenvalue weighted by Crippen LogP contribution is -2.47. The van der Waals surface area contributed by atoms with Crippen LogP contribution in [0.2, 0.25) is 18.1 Å². The van der Waals surface area contributed by atoms with E-state index in [0.29, 0.717) is 12.7 Å². The molecule has 1 aliphatic rings. The van der Waals surface area contributed by atoms with Crippen LogP contribution in [0.25, 0.3) is 10.9 Å². The number of pyridine rings is 1. The van der Waals surface area contributed by atoms with Crippen molar-refractivity contribution >= 4 is 24.9 Å². The molecule has 1 fully saturated rings. The highest BCUT2D eigenvalue weighted by molar-refractivity contribution is 6.74. The van der Waals surface area contributed by atoms with E-state index in [2.05, 4.69) is 63.0 Å². The minimum atomic E-state index is -1.71. The van der Waals surface area contributed by atoms with E-state index in [1.165, 1.54) is 11.3 Å².